The molecule has 132 valence electrons. The van der Waals surface area contributed by atoms with Crippen LogP contribution < -0.4 is 14.4 Å². The summed E-state index contributed by atoms with van der Waals surface area (Å²) in [7, 11) is 4.80. The van der Waals surface area contributed by atoms with E-state index in [1.807, 2.05) is 6.07 Å². The van der Waals surface area contributed by atoms with Crippen LogP contribution in [0.15, 0.2) is 35.5 Å². The molecular formula is C17H17ClN2O4S. The van der Waals surface area contributed by atoms with Gasteiger partial charge in [0.05, 0.1) is 23.4 Å². The molecule has 6 nitrogen and oxygen atoms in total. The number of oxime groups is 1. The van der Waals surface area contributed by atoms with Crippen LogP contribution in [-0.4, -0.2) is 39.0 Å². The smallest absolute Gasteiger partial charge is 0.271 e. The third-order valence-electron chi connectivity index (χ3n) is 3.89. The van der Waals surface area contributed by atoms with Gasteiger partial charge in [0.25, 0.3) is 5.91 Å². The first-order chi connectivity index (χ1) is 12.0. The Morgan fingerprint density at radius 1 is 1.28 bits per heavy atom. The van der Waals surface area contributed by atoms with Gasteiger partial charge in [0.2, 0.25) is 6.10 Å². The molecule has 0 aliphatic carbocycles. The monoisotopic (exact) mass is 380 g/mol. The summed E-state index contributed by atoms with van der Waals surface area (Å²) in [6, 6.07) is 8.96. The van der Waals surface area contributed by atoms with Gasteiger partial charge in [0, 0.05) is 25.2 Å². The van der Waals surface area contributed by atoms with Gasteiger partial charge in [0.1, 0.15) is 5.71 Å². The average Bonchev–Trinajstić information content (AvgIpc) is 3.28. The molecule has 1 aromatic carbocycles. The topological polar surface area (TPSA) is 60.4 Å². The molecule has 0 bridgehead atoms. The Morgan fingerprint density at radius 2 is 2.04 bits per heavy atom. The van der Waals surface area contributed by atoms with Gasteiger partial charge in [-0.1, -0.05) is 16.8 Å². The molecule has 2 heterocycles. The number of carbonyl (C=O) groups is 1. The highest BCUT2D eigenvalue weighted by atomic mass is 35.5. The molecule has 1 aliphatic rings. The predicted octanol–water partition coefficient (Wildman–Crippen LogP) is 3.57. The van der Waals surface area contributed by atoms with Crippen molar-refractivity contribution in [3.8, 4) is 11.5 Å². The quantitative estimate of drug-likeness (QED) is 0.795. The molecule has 1 aliphatic heterocycles. The Kier molecular flexibility index (Phi) is 5.15. The molecule has 0 radical (unpaired) electrons. The number of rotatable bonds is 5. The maximum absolute atomic E-state index is 12.7. The van der Waals surface area contributed by atoms with Crippen molar-refractivity contribution in [1.29, 1.82) is 0 Å². The standard InChI is InChI=1S/C17H17ClN2O4S/c1-20(10-4-5-12(22-2)13(8-10)23-3)17(21)14-9-11(19-24-14)15-6-7-16(18)25-15/h4-8,14H,9H2,1-3H3. The third kappa shape index (κ3) is 3.57. The largest absolute Gasteiger partial charge is 0.493 e. The average molecular weight is 381 g/mol. The third-order valence-corrected chi connectivity index (χ3v) is 5.17. The van der Waals surface area contributed by atoms with Gasteiger partial charge in [-0.2, -0.15) is 0 Å². The van der Waals surface area contributed by atoms with Gasteiger partial charge >= 0.3 is 0 Å². The van der Waals surface area contributed by atoms with E-state index in [4.69, 9.17) is 25.9 Å². The molecule has 0 saturated carbocycles. The number of halogens is 1. The molecular weight excluding hydrogens is 364 g/mol. The van der Waals surface area contributed by atoms with Crippen molar-refractivity contribution in [1.82, 2.24) is 0 Å². The molecule has 2 aromatic rings. The lowest BCUT2D eigenvalue weighted by Crippen LogP contribution is -2.36. The molecule has 25 heavy (non-hydrogen) atoms. The van der Waals surface area contributed by atoms with Crippen molar-refractivity contribution < 1.29 is 19.1 Å². The van der Waals surface area contributed by atoms with Crippen molar-refractivity contribution in [3.05, 3.63) is 39.5 Å². The van der Waals surface area contributed by atoms with Crippen molar-refractivity contribution in [3.63, 3.8) is 0 Å². The molecule has 1 atom stereocenters. The van der Waals surface area contributed by atoms with Crippen molar-refractivity contribution >= 4 is 40.2 Å². The minimum atomic E-state index is -0.658. The van der Waals surface area contributed by atoms with Crippen LogP contribution in [0.1, 0.15) is 11.3 Å². The Labute approximate surface area is 154 Å². The first kappa shape index (κ1) is 17.6. The highest BCUT2D eigenvalue weighted by Crippen LogP contribution is 2.32. The summed E-state index contributed by atoms with van der Waals surface area (Å²) >= 11 is 7.36. The highest BCUT2D eigenvalue weighted by molar-refractivity contribution is 7.18. The van der Waals surface area contributed by atoms with E-state index >= 15 is 0 Å². The lowest BCUT2D eigenvalue weighted by atomic mass is 10.1. The van der Waals surface area contributed by atoms with Crippen LogP contribution in [0.4, 0.5) is 5.69 Å². The summed E-state index contributed by atoms with van der Waals surface area (Å²) in [5.41, 5.74) is 1.41. The maximum Gasteiger partial charge on any atom is 0.271 e. The second kappa shape index (κ2) is 7.33. The first-order valence-electron chi connectivity index (χ1n) is 7.51. The van der Waals surface area contributed by atoms with Crippen molar-refractivity contribution in [2.75, 3.05) is 26.2 Å². The SMILES string of the molecule is COc1ccc(N(C)C(=O)C2CC(c3ccc(Cl)s3)=NO2)cc1OC. The number of likely N-dealkylation sites (N-methyl/N-ethyl adjacent to an activating group) is 1. The minimum absolute atomic E-state index is 0.186. The van der Waals surface area contributed by atoms with E-state index in [2.05, 4.69) is 5.16 Å². The minimum Gasteiger partial charge on any atom is -0.493 e. The van der Waals surface area contributed by atoms with Crippen LogP contribution >= 0.6 is 22.9 Å². The number of anilines is 1. The predicted molar refractivity (Wildman–Crippen MR) is 98.3 cm³/mol. The lowest BCUT2D eigenvalue weighted by molar-refractivity contribution is -0.128. The fraction of sp³-hybridized carbons (Fsp3) is 0.294. The van der Waals surface area contributed by atoms with E-state index < -0.39 is 6.10 Å². The number of benzene rings is 1. The van der Waals surface area contributed by atoms with E-state index in [0.717, 1.165) is 10.6 Å². The van der Waals surface area contributed by atoms with E-state index in [0.29, 0.717) is 27.9 Å². The second-order valence-electron chi connectivity index (χ2n) is 5.38. The van der Waals surface area contributed by atoms with E-state index in [1.54, 1.807) is 45.5 Å². The van der Waals surface area contributed by atoms with Gasteiger partial charge in [-0.25, -0.2) is 0 Å². The number of carbonyl (C=O) groups excluding carboxylic acids is 1. The van der Waals surface area contributed by atoms with Crippen molar-refractivity contribution in [2.45, 2.75) is 12.5 Å². The van der Waals surface area contributed by atoms with Gasteiger partial charge < -0.3 is 19.2 Å². The summed E-state index contributed by atoms with van der Waals surface area (Å²) in [4.78, 5) is 20.5. The van der Waals surface area contributed by atoms with Crippen LogP contribution in [0.5, 0.6) is 11.5 Å². The molecule has 8 heteroatoms. The molecule has 0 saturated heterocycles. The van der Waals surface area contributed by atoms with Gasteiger partial charge in [-0.05, 0) is 24.3 Å². The summed E-state index contributed by atoms with van der Waals surface area (Å²) < 4.78 is 11.2. The number of ether oxygens (including phenoxy) is 2. The molecule has 0 N–H and O–H groups in total. The maximum atomic E-state index is 12.7. The van der Waals surface area contributed by atoms with Gasteiger partial charge in [-0.15, -0.1) is 11.3 Å². The van der Waals surface area contributed by atoms with Gasteiger partial charge in [0.15, 0.2) is 11.5 Å². The number of hydrogen-bond acceptors (Lipinski definition) is 6. The van der Waals surface area contributed by atoms with E-state index in [9.17, 15) is 4.79 Å². The summed E-state index contributed by atoms with van der Waals surface area (Å²) in [6.07, 6.45) is -0.248. The fourth-order valence-corrected chi connectivity index (χ4v) is 3.53. The Balaban J connectivity index is 1.71. The Morgan fingerprint density at radius 3 is 2.68 bits per heavy atom. The highest BCUT2D eigenvalue weighted by Gasteiger charge is 2.32. The van der Waals surface area contributed by atoms with E-state index in [1.165, 1.54) is 16.2 Å². The summed E-state index contributed by atoms with van der Waals surface area (Å²) in [5.74, 6) is 0.968. The normalized spacial score (nSPS) is 16.2. The number of methoxy groups -OCH3 is 2. The lowest BCUT2D eigenvalue weighted by Gasteiger charge is -2.21. The number of nitrogens with zero attached hydrogens (tertiary/aromatic N) is 2. The number of hydrogen-bond donors (Lipinski definition) is 0. The molecule has 1 unspecified atom stereocenters. The zero-order valence-corrected chi connectivity index (χ0v) is 15.6. The Bertz CT molecular complexity index is 821. The Hall–Kier alpha value is -2.25. The van der Waals surface area contributed by atoms with Crippen LogP contribution in [0.25, 0.3) is 0 Å². The summed E-state index contributed by atoms with van der Waals surface area (Å²) in [5, 5.41) is 4.04. The zero-order valence-electron chi connectivity index (χ0n) is 14.0. The van der Waals surface area contributed by atoms with Gasteiger partial charge in [-0.3, -0.25) is 4.79 Å². The van der Waals surface area contributed by atoms with Crippen LogP contribution in [0.2, 0.25) is 4.34 Å². The zero-order chi connectivity index (χ0) is 18.0. The van der Waals surface area contributed by atoms with E-state index in [-0.39, 0.29) is 5.91 Å². The van der Waals surface area contributed by atoms with Crippen molar-refractivity contribution in [2.24, 2.45) is 5.16 Å². The first-order valence-corrected chi connectivity index (χ1v) is 8.71. The number of thiophene rings is 1. The molecule has 1 aromatic heterocycles. The summed E-state index contributed by atoms with van der Waals surface area (Å²) in [6.45, 7) is 0. The second-order valence-corrected chi connectivity index (χ2v) is 7.09. The van der Waals surface area contributed by atoms with Crippen LogP contribution in [-0.2, 0) is 9.63 Å². The molecule has 0 fully saturated rings. The van der Waals surface area contributed by atoms with Crippen LogP contribution in [0, 0.1) is 0 Å². The molecule has 1 amide bonds. The van der Waals surface area contributed by atoms with Crippen LogP contribution in [0.3, 0.4) is 0 Å². The number of amides is 1. The molecule has 0 spiro atoms. The molecule has 3 rings (SSSR count). The fourth-order valence-electron chi connectivity index (χ4n) is 2.50.